The van der Waals surface area contributed by atoms with E-state index in [0.717, 1.165) is 90.6 Å². The Morgan fingerprint density at radius 3 is 1.30 bits per heavy atom. The summed E-state index contributed by atoms with van der Waals surface area (Å²) in [6.07, 6.45) is 17.3. The molecule has 0 saturated heterocycles. The van der Waals surface area contributed by atoms with Gasteiger partial charge in [0.2, 0.25) is 35.5 Å². The third kappa shape index (κ3) is 12.1. The number of hydrogen-bond acceptors (Lipinski definition) is 18. The lowest BCUT2D eigenvalue weighted by molar-refractivity contribution is 0.328. The molecule has 0 bridgehead atoms. The molecule has 474 valence electrons. The van der Waals surface area contributed by atoms with E-state index >= 15 is 0 Å². The van der Waals surface area contributed by atoms with E-state index in [2.05, 4.69) is 55.8 Å². The van der Waals surface area contributed by atoms with Crippen LogP contribution in [-0.4, -0.2) is 98.7 Å². The van der Waals surface area contributed by atoms with Crippen molar-refractivity contribution in [2.45, 2.75) is 73.5 Å². The number of imidazole rings is 3. The first-order valence-corrected chi connectivity index (χ1v) is 30.1. The lowest BCUT2D eigenvalue weighted by Crippen LogP contribution is -2.10. The fourth-order valence-corrected chi connectivity index (χ4v) is 11.8. The van der Waals surface area contributed by atoms with Crippen molar-refractivity contribution in [3.63, 3.8) is 0 Å². The molecule has 0 aliphatic carbocycles. The molecule has 3 aromatic carbocycles. The first kappa shape index (κ1) is 60.8. The van der Waals surface area contributed by atoms with Crippen LogP contribution in [0.25, 0.3) is 50.3 Å². The van der Waals surface area contributed by atoms with Gasteiger partial charge in [0, 0.05) is 162 Å². The number of benzene rings is 3. The highest BCUT2D eigenvalue weighted by molar-refractivity contribution is 5.82. The second kappa shape index (κ2) is 26.0. The van der Waals surface area contributed by atoms with E-state index < -0.39 is 5.82 Å². The summed E-state index contributed by atoms with van der Waals surface area (Å²) in [6, 6.07) is 16.5. The maximum atomic E-state index is 14.5. The van der Waals surface area contributed by atoms with E-state index in [1.54, 1.807) is 60.7 Å². The Labute approximate surface area is 530 Å². The van der Waals surface area contributed by atoms with Gasteiger partial charge in [0.15, 0.2) is 0 Å². The Morgan fingerprint density at radius 1 is 0.462 bits per heavy atom. The molecule has 15 rings (SSSR count). The second-order valence-corrected chi connectivity index (χ2v) is 22.1. The van der Waals surface area contributed by atoms with Crippen LogP contribution in [0, 0.1) is 51.0 Å². The van der Waals surface area contributed by atoms with Crippen molar-refractivity contribution in [2.75, 3.05) is 56.6 Å². The van der Waals surface area contributed by atoms with Crippen molar-refractivity contribution in [3.8, 4) is 68.3 Å². The van der Waals surface area contributed by atoms with Gasteiger partial charge in [-0.05, 0) is 94.3 Å². The minimum Gasteiger partial charge on any atom is -0.493 e. The van der Waals surface area contributed by atoms with Crippen LogP contribution in [0.15, 0.2) is 116 Å². The molecule has 3 aliphatic rings. The van der Waals surface area contributed by atoms with Gasteiger partial charge in [-0.15, -0.1) is 0 Å². The van der Waals surface area contributed by atoms with E-state index in [1.807, 2.05) is 74.0 Å². The number of halogens is 4. The highest BCUT2D eigenvalue weighted by atomic mass is 19.1. The highest BCUT2D eigenvalue weighted by Gasteiger charge is 2.25. The summed E-state index contributed by atoms with van der Waals surface area (Å²) in [4.78, 5) is 40.1. The summed E-state index contributed by atoms with van der Waals surface area (Å²) in [5, 5.41) is 9.75. The van der Waals surface area contributed by atoms with Gasteiger partial charge >= 0.3 is 0 Å². The average Bonchev–Trinajstić information content (AvgIpc) is 1.74. The highest BCUT2D eigenvalue weighted by Crippen LogP contribution is 2.37. The van der Waals surface area contributed by atoms with Gasteiger partial charge in [-0.3, -0.25) is 13.2 Å². The Balaban J connectivity index is 0.000000127. The minimum absolute atomic E-state index is 0.231. The molecular weight excluding hydrogens is 1200 g/mol. The van der Waals surface area contributed by atoms with E-state index in [9.17, 15) is 17.6 Å². The maximum absolute atomic E-state index is 14.5. The largest absolute Gasteiger partial charge is 0.493 e. The van der Waals surface area contributed by atoms with Crippen LogP contribution in [0.3, 0.4) is 0 Å². The molecule has 3 aliphatic heterocycles. The summed E-state index contributed by atoms with van der Waals surface area (Å²) in [7, 11) is 3.06. The van der Waals surface area contributed by atoms with Gasteiger partial charge < -0.3 is 44.4 Å². The van der Waals surface area contributed by atoms with Gasteiger partial charge in [-0.2, -0.15) is 0 Å². The fourth-order valence-electron chi connectivity index (χ4n) is 11.8. The first-order chi connectivity index (χ1) is 45.2. The van der Waals surface area contributed by atoms with Crippen molar-refractivity contribution in [1.29, 1.82) is 0 Å². The number of hydrogen-bond donors (Lipinski definition) is 3. The summed E-state index contributed by atoms with van der Waals surface area (Å²) in [5.74, 6) is 3.93. The smallest absolute Gasteiger partial charge is 0.221 e. The SMILES string of the molecule is CCOc1ncccc1-c1cnc(NCc2c(F)ccc3c2CCO3)n2cc(C)nc12.COc1cc(-c2cnc(NCc3c(F)ccc4c3CCO4)n3cc(C)nc23)c(C)cn1.COc1cc(-c2cnc(NCc3c(F)ccc4c3CCO4)n3cc(C)nc23)c(F)cn1. The van der Waals surface area contributed by atoms with Crippen LogP contribution in [0.4, 0.5) is 35.4 Å². The Morgan fingerprint density at radius 2 is 0.871 bits per heavy atom. The fraction of sp³-hybridized carbons (Fsp3) is 0.250. The van der Waals surface area contributed by atoms with Crippen molar-refractivity contribution in [3.05, 3.63) is 196 Å². The summed E-state index contributed by atoms with van der Waals surface area (Å²) in [5.41, 5.74) is 14.1. The van der Waals surface area contributed by atoms with Gasteiger partial charge in [0.25, 0.3) is 0 Å². The number of aromatic nitrogens is 12. The Hall–Kier alpha value is -11.1. The van der Waals surface area contributed by atoms with Gasteiger partial charge in [-0.1, -0.05) is 0 Å². The predicted octanol–water partition coefficient (Wildman–Crippen LogP) is 12.2. The second-order valence-electron chi connectivity index (χ2n) is 22.1. The van der Waals surface area contributed by atoms with Gasteiger partial charge in [-0.25, -0.2) is 62.4 Å². The Bertz CT molecular complexity index is 4630. The molecule has 21 nitrogen and oxygen atoms in total. The number of methoxy groups -OCH3 is 2. The molecule has 9 aromatic heterocycles. The van der Waals surface area contributed by atoms with Crippen molar-refractivity contribution >= 4 is 34.8 Å². The Kier molecular flexibility index (Phi) is 17.0. The molecule has 12 heterocycles. The molecule has 0 amide bonds. The van der Waals surface area contributed by atoms with E-state index in [-0.39, 0.29) is 35.4 Å². The number of nitrogens with one attached hydrogen (secondary N) is 3. The van der Waals surface area contributed by atoms with E-state index in [0.29, 0.717) is 122 Å². The number of fused-ring (bicyclic) bond motifs is 6. The van der Waals surface area contributed by atoms with Gasteiger partial charge in [0.1, 0.15) is 57.5 Å². The van der Waals surface area contributed by atoms with Crippen molar-refractivity contribution < 1.29 is 46.0 Å². The number of nitrogens with zero attached hydrogens (tertiary/aromatic N) is 12. The van der Waals surface area contributed by atoms with Crippen LogP contribution in [0.5, 0.6) is 34.9 Å². The molecule has 12 aromatic rings. The third-order valence-corrected chi connectivity index (χ3v) is 16.2. The molecule has 0 atom stereocenters. The number of aryl methyl sites for hydroxylation is 4. The predicted molar refractivity (Wildman–Crippen MR) is 341 cm³/mol. The standard InChI is InChI=1S/2C23H22FN5O2.C22H19F2N5O2/c1-13-9-25-21(30-3)8-16(13)18-11-27-23(29-12-14(2)28-22(18)29)26-10-17-15-6-7-31-20(15)5-4-19(17)24;1-3-30-22-16(5-4-9-25-22)18-12-27-23(29-13-14(2)28-21(18)29)26-11-17-15-8-10-31-20(15)7-6-19(17)24;1-12-11-29-21(28-12)16(14-7-20(30-2)25-10-18(14)24)9-27-22(29)26-8-15-13-5-6-31-19(13)4-3-17(15)23/h4-5,8-9,11-12H,6-7,10H2,1-3H3,(H,26,27);4-7,9,12-13H,3,8,10-11H2,1-2H3,(H,26,27);3-4,7,9-11H,5-6,8H2,1-2H3,(H,26,27). The molecule has 0 radical (unpaired) electrons. The molecule has 25 heteroatoms. The number of pyridine rings is 3. The molecule has 0 fully saturated rings. The van der Waals surface area contributed by atoms with E-state index in [4.69, 9.17) is 33.4 Å². The zero-order chi connectivity index (χ0) is 64.4. The summed E-state index contributed by atoms with van der Waals surface area (Å²) >= 11 is 0. The molecular formula is C68H63F4N15O6. The molecule has 3 N–H and O–H groups in total. The third-order valence-electron chi connectivity index (χ3n) is 16.2. The maximum Gasteiger partial charge on any atom is 0.221 e. The van der Waals surface area contributed by atoms with Crippen LogP contribution in [0.1, 0.15) is 62.9 Å². The summed E-state index contributed by atoms with van der Waals surface area (Å²) < 4.78 is 96.3. The normalized spacial score (nSPS) is 12.6. The quantitative estimate of drug-likeness (QED) is 0.0766. The van der Waals surface area contributed by atoms with E-state index in [1.165, 1.54) is 37.6 Å². The van der Waals surface area contributed by atoms with Crippen LogP contribution < -0.4 is 44.4 Å². The first-order valence-electron chi connectivity index (χ1n) is 30.1. The van der Waals surface area contributed by atoms with Crippen LogP contribution in [-0.2, 0) is 38.9 Å². The molecule has 93 heavy (non-hydrogen) atoms. The number of rotatable bonds is 16. The minimum atomic E-state index is -0.507. The monoisotopic (exact) mass is 1260 g/mol. The molecule has 0 saturated carbocycles. The zero-order valence-corrected chi connectivity index (χ0v) is 51.9. The molecule has 0 spiro atoms. The van der Waals surface area contributed by atoms with Crippen LogP contribution >= 0.6 is 0 Å². The zero-order valence-electron chi connectivity index (χ0n) is 51.9. The lowest BCUT2D eigenvalue weighted by Gasteiger charge is -2.14. The van der Waals surface area contributed by atoms with Gasteiger partial charge in [0.05, 0.1) is 63.9 Å². The lowest BCUT2D eigenvalue weighted by atomic mass is 10.0. The van der Waals surface area contributed by atoms with Crippen molar-refractivity contribution in [2.24, 2.45) is 0 Å². The topological polar surface area (TPSA) is 221 Å². The molecule has 0 unspecified atom stereocenters. The number of anilines is 3. The van der Waals surface area contributed by atoms with Crippen molar-refractivity contribution in [1.82, 2.24) is 58.1 Å². The number of ether oxygens (including phenoxy) is 6. The van der Waals surface area contributed by atoms with Crippen LogP contribution in [0.2, 0.25) is 0 Å². The average molecular weight is 1260 g/mol. The summed E-state index contributed by atoms with van der Waals surface area (Å²) in [6.45, 7) is 12.7.